The van der Waals surface area contributed by atoms with Crippen molar-refractivity contribution in [1.29, 1.82) is 0 Å². The second-order valence-corrected chi connectivity index (χ2v) is 6.73. The smallest absolute Gasteiger partial charge is 0.233 e. The van der Waals surface area contributed by atoms with E-state index in [2.05, 4.69) is 9.97 Å². The lowest BCUT2D eigenvalue weighted by molar-refractivity contribution is -0.142. The van der Waals surface area contributed by atoms with E-state index in [4.69, 9.17) is 4.74 Å². The first kappa shape index (κ1) is 16.1. The van der Waals surface area contributed by atoms with Crippen LogP contribution in [-0.4, -0.2) is 40.5 Å². The fourth-order valence-corrected chi connectivity index (χ4v) is 3.49. The van der Waals surface area contributed by atoms with Gasteiger partial charge in [0.15, 0.2) is 5.82 Å². The summed E-state index contributed by atoms with van der Waals surface area (Å²) < 4.78 is 20.0. The highest BCUT2D eigenvalue weighted by Gasteiger charge is 2.54. The average Bonchev–Trinajstić information content (AvgIpc) is 3.43. The SMILES string of the molecule is Cc1ccnc([C@@H]2CN(C(=O)C3(c4ccccc4F)CC3)CCO2)n1. The molecule has 1 aromatic carbocycles. The number of rotatable bonds is 3. The van der Waals surface area contributed by atoms with Crippen molar-refractivity contribution in [3.8, 4) is 0 Å². The topological polar surface area (TPSA) is 55.3 Å². The second-order valence-electron chi connectivity index (χ2n) is 6.73. The minimum Gasteiger partial charge on any atom is -0.367 e. The van der Waals surface area contributed by atoms with Crippen LogP contribution in [0.2, 0.25) is 0 Å². The summed E-state index contributed by atoms with van der Waals surface area (Å²) in [5.41, 5.74) is 0.665. The first-order valence-electron chi connectivity index (χ1n) is 8.56. The third-order valence-corrected chi connectivity index (χ3v) is 5.00. The van der Waals surface area contributed by atoms with Crippen molar-refractivity contribution in [2.24, 2.45) is 0 Å². The Morgan fingerprint density at radius 2 is 2.12 bits per heavy atom. The minimum atomic E-state index is -0.708. The third kappa shape index (κ3) is 2.91. The minimum absolute atomic E-state index is 0.0152. The van der Waals surface area contributed by atoms with Crippen molar-refractivity contribution < 1.29 is 13.9 Å². The monoisotopic (exact) mass is 341 g/mol. The Labute approximate surface area is 145 Å². The van der Waals surface area contributed by atoms with Crippen LogP contribution in [-0.2, 0) is 14.9 Å². The molecule has 130 valence electrons. The average molecular weight is 341 g/mol. The van der Waals surface area contributed by atoms with Crippen LogP contribution in [0.5, 0.6) is 0 Å². The molecule has 5 nitrogen and oxygen atoms in total. The van der Waals surface area contributed by atoms with E-state index in [0.717, 1.165) is 5.69 Å². The molecule has 2 fully saturated rings. The molecule has 1 amide bonds. The fourth-order valence-electron chi connectivity index (χ4n) is 3.49. The van der Waals surface area contributed by atoms with Crippen molar-refractivity contribution in [3.05, 3.63) is 59.4 Å². The number of nitrogens with zero attached hydrogens (tertiary/aromatic N) is 3. The first-order chi connectivity index (χ1) is 12.1. The van der Waals surface area contributed by atoms with Gasteiger partial charge in [-0.2, -0.15) is 0 Å². The van der Waals surface area contributed by atoms with Crippen LogP contribution in [0.4, 0.5) is 4.39 Å². The van der Waals surface area contributed by atoms with Crippen LogP contribution in [0.25, 0.3) is 0 Å². The third-order valence-electron chi connectivity index (χ3n) is 5.00. The Bertz CT molecular complexity index is 807. The van der Waals surface area contributed by atoms with Crippen molar-refractivity contribution in [2.75, 3.05) is 19.7 Å². The van der Waals surface area contributed by atoms with Crippen LogP contribution >= 0.6 is 0 Å². The van der Waals surface area contributed by atoms with E-state index in [0.29, 0.717) is 43.9 Å². The standard InChI is InChI=1S/C19H20FN3O2/c1-13-6-9-21-17(22-13)16-12-23(10-11-25-16)18(24)19(7-8-19)14-4-2-3-5-15(14)20/h2-6,9,16H,7-8,10-12H2,1H3/t16-/m0/s1. The van der Waals surface area contributed by atoms with E-state index in [1.54, 1.807) is 29.3 Å². The van der Waals surface area contributed by atoms with Gasteiger partial charge in [0.1, 0.15) is 11.9 Å². The molecule has 1 aliphatic heterocycles. The zero-order valence-electron chi connectivity index (χ0n) is 14.1. The molecule has 4 rings (SSSR count). The molecule has 1 aliphatic carbocycles. The van der Waals surface area contributed by atoms with E-state index in [9.17, 15) is 9.18 Å². The Balaban J connectivity index is 1.56. The summed E-state index contributed by atoms with van der Waals surface area (Å²) in [5, 5.41) is 0. The summed E-state index contributed by atoms with van der Waals surface area (Å²) in [6.07, 6.45) is 2.74. The molecule has 1 atom stereocenters. The van der Waals surface area contributed by atoms with Gasteiger partial charge in [0.05, 0.1) is 18.6 Å². The van der Waals surface area contributed by atoms with Gasteiger partial charge in [0.25, 0.3) is 0 Å². The Morgan fingerprint density at radius 1 is 1.32 bits per heavy atom. The van der Waals surface area contributed by atoms with Gasteiger partial charge < -0.3 is 9.64 Å². The normalized spacial score (nSPS) is 21.8. The quantitative estimate of drug-likeness (QED) is 0.861. The Hall–Kier alpha value is -2.34. The van der Waals surface area contributed by atoms with Crippen LogP contribution in [0.15, 0.2) is 36.5 Å². The summed E-state index contributed by atoms with van der Waals surface area (Å²) in [4.78, 5) is 23.6. The largest absolute Gasteiger partial charge is 0.367 e. The lowest BCUT2D eigenvalue weighted by Crippen LogP contribution is -2.47. The number of ether oxygens (including phenoxy) is 1. The number of halogens is 1. The fraction of sp³-hybridized carbons (Fsp3) is 0.421. The van der Waals surface area contributed by atoms with Crippen molar-refractivity contribution in [1.82, 2.24) is 14.9 Å². The van der Waals surface area contributed by atoms with Gasteiger partial charge in [0.2, 0.25) is 5.91 Å². The summed E-state index contributed by atoms with van der Waals surface area (Å²) in [6.45, 7) is 3.24. The van der Waals surface area contributed by atoms with Gasteiger partial charge in [-0.15, -0.1) is 0 Å². The Morgan fingerprint density at radius 3 is 2.84 bits per heavy atom. The number of morpholine rings is 1. The summed E-state index contributed by atoms with van der Waals surface area (Å²) in [5.74, 6) is 0.270. The summed E-state index contributed by atoms with van der Waals surface area (Å²) in [6, 6.07) is 8.41. The molecule has 0 unspecified atom stereocenters. The van der Waals surface area contributed by atoms with E-state index < -0.39 is 5.41 Å². The van der Waals surface area contributed by atoms with Gasteiger partial charge >= 0.3 is 0 Å². The highest BCUT2D eigenvalue weighted by Crippen LogP contribution is 2.50. The molecule has 1 aromatic heterocycles. The molecule has 2 heterocycles. The van der Waals surface area contributed by atoms with Crippen molar-refractivity contribution in [2.45, 2.75) is 31.3 Å². The van der Waals surface area contributed by atoms with Gasteiger partial charge in [-0.05, 0) is 31.9 Å². The van der Waals surface area contributed by atoms with Crippen LogP contribution in [0, 0.1) is 12.7 Å². The van der Waals surface area contributed by atoms with Crippen molar-refractivity contribution >= 4 is 5.91 Å². The number of benzene rings is 1. The van der Waals surface area contributed by atoms with Gasteiger partial charge in [0, 0.05) is 24.0 Å². The molecule has 25 heavy (non-hydrogen) atoms. The molecule has 0 spiro atoms. The number of aromatic nitrogens is 2. The van der Waals surface area contributed by atoms with Gasteiger partial charge in [-0.3, -0.25) is 4.79 Å². The summed E-state index contributed by atoms with van der Waals surface area (Å²) >= 11 is 0. The number of carbonyl (C=O) groups excluding carboxylic acids is 1. The predicted molar refractivity (Wildman–Crippen MR) is 89.4 cm³/mol. The maximum Gasteiger partial charge on any atom is 0.233 e. The van der Waals surface area contributed by atoms with Crippen LogP contribution in [0.3, 0.4) is 0 Å². The molecule has 0 radical (unpaired) electrons. The number of carbonyl (C=O) groups is 1. The zero-order valence-corrected chi connectivity index (χ0v) is 14.1. The Kier molecular flexibility index (Phi) is 4.00. The molecule has 0 N–H and O–H groups in total. The highest BCUT2D eigenvalue weighted by molar-refractivity contribution is 5.91. The molecule has 1 saturated heterocycles. The van der Waals surface area contributed by atoms with E-state index in [1.807, 2.05) is 13.0 Å². The maximum absolute atomic E-state index is 14.2. The number of aryl methyl sites for hydroxylation is 1. The molecule has 1 saturated carbocycles. The maximum atomic E-state index is 14.2. The van der Waals surface area contributed by atoms with E-state index in [1.165, 1.54) is 6.07 Å². The molecule has 6 heteroatoms. The van der Waals surface area contributed by atoms with Gasteiger partial charge in [-0.25, -0.2) is 14.4 Å². The second kappa shape index (κ2) is 6.19. The number of hydrogen-bond acceptors (Lipinski definition) is 4. The predicted octanol–water partition coefficient (Wildman–Crippen LogP) is 2.56. The van der Waals surface area contributed by atoms with Crippen LogP contribution < -0.4 is 0 Å². The lowest BCUT2D eigenvalue weighted by Gasteiger charge is -2.34. The highest BCUT2D eigenvalue weighted by atomic mass is 19.1. The molecule has 2 aromatic rings. The van der Waals surface area contributed by atoms with Crippen LogP contribution in [0.1, 0.15) is 36.0 Å². The number of hydrogen-bond donors (Lipinski definition) is 0. The van der Waals surface area contributed by atoms with E-state index >= 15 is 0 Å². The lowest BCUT2D eigenvalue weighted by atomic mass is 9.93. The number of amides is 1. The van der Waals surface area contributed by atoms with Gasteiger partial charge in [-0.1, -0.05) is 18.2 Å². The molecular formula is C19H20FN3O2. The van der Waals surface area contributed by atoms with E-state index in [-0.39, 0.29) is 17.8 Å². The zero-order chi connectivity index (χ0) is 17.4. The first-order valence-corrected chi connectivity index (χ1v) is 8.56. The summed E-state index contributed by atoms with van der Waals surface area (Å²) in [7, 11) is 0. The molecule has 2 aliphatic rings. The molecule has 0 bridgehead atoms. The molecular weight excluding hydrogens is 321 g/mol. The van der Waals surface area contributed by atoms with Crippen molar-refractivity contribution in [3.63, 3.8) is 0 Å².